The van der Waals surface area contributed by atoms with Gasteiger partial charge in [0, 0.05) is 33.4 Å². The van der Waals surface area contributed by atoms with Gasteiger partial charge in [-0.15, -0.1) is 0 Å². The van der Waals surface area contributed by atoms with Crippen molar-refractivity contribution in [2.24, 2.45) is 0 Å². The van der Waals surface area contributed by atoms with Gasteiger partial charge in [-0.3, -0.25) is 0 Å². The van der Waals surface area contributed by atoms with Crippen LogP contribution < -0.4 is 4.90 Å². The molecule has 0 radical (unpaired) electrons. The van der Waals surface area contributed by atoms with Gasteiger partial charge in [0.05, 0.1) is 16.7 Å². The summed E-state index contributed by atoms with van der Waals surface area (Å²) in [6.45, 7) is 0. The maximum Gasteiger partial charge on any atom is 0.0541 e. The van der Waals surface area contributed by atoms with Crippen molar-refractivity contribution in [3.8, 4) is 61.3 Å². The third-order valence-electron chi connectivity index (χ3n) is 15.2. The lowest BCUT2D eigenvalue weighted by atomic mass is 9.80. The molecule has 11 aromatic carbocycles. The molecule has 2 heteroatoms. The number of fused-ring (bicyclic) bond motifs is 4. The average molecular weight is 923 g/mol. The molecule has 344 valence electrons. The third-order valence-corrected chi connectivity index (χ3v) is 15.2. The summed E-state index contributed by atoms with van der Waals surface area (Å²) in [4.78, 5) is 2.47. The molecule has 0 unspecified atom stereocenters. The van der Waals surface area contributed by atoms with E-state index < -0.39 is 0 Å². The van der Waals surface area contributed by atoms with E-state index in [2.05, 4.69) is 270 Å². The second kappa shape index (κ2) is 18.9. The van der Waals surface area contributed by atoms with Crippen LogP contribution in [0.5, 0.6) is 0 Å². The number of benzene rings is 11. The SMILES string of the molecule is c1ccc(-c2ccc(-c3ccc(N(c4ccc(-c5ccc6c(c5)c5ccccc5n6-c5ccccc5)cc4)c4ccccc4-c4cccc5cccc(C6CCCCC6)c45)cc3)cc2-c2ccccc2)cc1. The van der Waals surface area contributed by atoms with E-state index in [4.69, 9.17) is 0 Å². The predicted molar refractivity (Wildman–Crippen MR) is 306 cm³/mol. The van der Waals surface area contributed by atoms with Crippen LogP contribution in [0.2, 0.25) is 0 Å². The fourth-order valence-corrected chi connectivity index (χ4v) is 11.7. The van der Waals surface area contributed by atoms with Crippen LogP contribution in [0.25, 0.3) is 93.9 Å². The molecule has 2 nitrogen and oxygen atoms in total. The summed E-state index contributed by atoms with van der Waals surface area (Å²) in [5, 5.41) is 5.20. The van der Waals surface area contributed by atoms with Crippen molar-refractivity contribution in [3.63, 3.8) is 0 Å². The lowest BCUT2D eigenvalue weighted by molar-refractivity contribution is 0.445. The van der Waals surface area contributed by atoms with E-state index in [-0.39, 0.29) is 0 Å². The molecular formula is C70H54N2. The minimum absolute atomic E-state index is 0.574. The van der Waals surface area contributed by atoms with E-state index in [9.17, 15) is 0 Å². The smallest absolute Gasteiger partial charge is 0.0541 e. The highest BCUT2D eigenvalue weighted by Crippen LogP contribution is 2.47. The fraction of sp³-hybridized carbons (Fsp3) is 0.0857. The Bertz CT molecular complexity index is 3860. The number of nitrogens with zero attached hydrogens (tertiary/aromatic N) is 2. The van der Waals surface area contributed by atoms with Crippen LogP contribution in [0, 0.1) is 0 Å². The first-order valence-corrected chi connectivity index (χ1v) is 25.7. The summed E-state index contributed by atoms with van der Waals surface area (Å²) in [6.07, 6.45) is 6.45. The Kier molecular flexibility index (Phi) is 11.4. The highest BCUT2D eigenvalue weighted by Gasteiger charge is 2.23. The van der Waals surface area contributed by atoms with Gasteiger partial charge in [-0.2, -0.15) is 0 Å². The van der Waals surface area contributed by atoms with Gasteiger partial charge in [0.25, 0.3) is 0 Å². The van der Waals surface area contributed by atoms with Gasteiger partial charge in [-0.05, 0) is 152 Å². The molecule has 12 aromatic rings. The fourth-order valence-electron chi connectivity index (χ4n) is 11.7. The maximum absolute atomic E-state index is 2.47. The van der Waals surface area contributed by atoms with Crippen molar-refractivity contribution >= 4 is 49.6 Å². The Morgan fingerprint density at radius 1 is 0.333 bits per heavy atom. The standard InChI is InChI=1S/C70H54N2/c1-5-19-51(20-6-1)60-45-39-55(47-65(60)53-23-9-3-10-24-53)49-35-41-58(42-36-49)71(67-33-15-13-29-62(67)64-32-18-26-54-25-17-31-61(70(54)64)52-21-7-2-8-22-52)59-43-37-50(38-44-59)56-40-46-69-66(48-56)63-30-14-16-34-68(63)72(69)57-27-11-4-12-28-57/h1,3-6,9-20,23-48,52H,2,7-8,21-22H2. The summed E-state index contributed by atoms with van der Waals surface area (Å²) >= 11 is 0. The molecule has 13 rings (SSSR count). The van der Waals surface area contributed by atoms with Crippen LogP contribution in [0.15, 0.2) is 261 Å². The lowest BCUT2D eigenvalue weighted by Crippen LogP contribution is -2.11. The second-order valence-electron chi connectivity index (χ2n) is 19.4. The molecule has 0 N–H and O–H groups in total. The summed E-state index contributed by atoms with van der Waals surface area (Å²) in [5.74, 6) is 0.574. The van der Waals surface area contributed by atoms with Crippen molar-refractivity contribution in [2.75, 3.05) is 4.90 Å². The van der Waals surface area contributed by atoms with Gasteiger partial charge in [-0.1, -0.05) is 213 Å². The van der Waals surface area contributed by atoms with E-state index in [0.29, 0.717) is 5.92 Å². The Morgan fingerprint density at radius 2 is 0.875 bits per heavy atom. The molecule has 1 aliphatic rings. The van der Waals surface area contributed by atoms with Gasteiger partial charge in [0.15, 0.2) is 0 Å². The Hall–Kier alpha value is -8.72. The van der Waals surface area contributed by atoms with Crippen LogP contribution in [-0.2, 0) is 0 Å². The summed E-state index contributed by atoms with van der Waals surface area (Å²) in [5.41, 5.74) is 20.6. The molecule has 1 heterocycles. The van der Waals surface area contributed by atoms with Crippen LogP contribution in [0.1, 0.15) is 43.6 Å². The summed E-state index contributed by atoms with van der Waals surface area (Å²) in [7, 11) is 0. The molecule has 0 spiro atoms. The van der Waals surface area contributed by atoms with E-state index in [0.717, 1.165) is 17.1 Å². The largest absolute Gasteiger partial charge is 0.310 e. The molecule has 72 heavy (non-hydrogen) atoms. The van der Waals surface area contributed by atoms with Crippen molar-refractivity contribution < 1.29 is 0 Å². The minimum atomic E-state index is 0.574. The molecule has 0 atom stereocenters. The number of hydrogen-bond acceptors (Lipinski definition) is 1. The van der Waals surface area contributed by atoms with Crippen molar-refractivity contribution in [1.82, 2.24) is 4.57 Å². The van der Waals surface area contributed by atoms with E-state index >= 15 is 0 Å². The highest BCUT2D eigenvalue weighted by molar-refractivity contribution is 6.10. The molecule has 0 bridgehead atoms. The molecule has 0 aliphatic heterocycles. The maximum atomic E-state index is 2.47. The average Bonchev–Trinajstić information content (AvgIpc) is 3.80. The number of rotatable bonds is 10. The Balaban J connectivity index is 0.936. The minimum Gasteiger partial charge on any atom is -0.310 e. The molecule has 0 amide bonds. The van der Waals surface area contributed by atoms with Crippen LogP contribution in [-0.4, -0.2) is 4.57 Å². The van der Waals surface area contributed by atoms with Crippen molar-refractivity contribution in [2.45, 2.75) is 38.0 Å². The van der Waals surface area contributed by atoms with Gasteiger partial charge in [-0.25, -0.2) is 0 Å². The number of anilines is 3. The van der Waals surface area contributed by atoms with Gasteiger partial charge >= 0.3 is 0 Å². The molecule has 1 fully saturated rings. The zero-order chi connectivity index (χ0) is 47.8. The first kappa shape index (κ1) is 43.3. The summed E-state index contributed by atoms with van der Waals surface area (Å²) in [6, 6.07) is 96.2. The molecule has 1 saturated carbocycles. The van der Waals surface area contributed by atoms with Gasteiger partial charge in [0.1, 0.15) is 0 Å². The Labute approximate surface area is 422 Å². The number of hydrogen-bond donors (Lipinski definition) is 0. The predicted octanol–water partition coefficient (Wildman–Crippen LogP) is 19.8. The monoisotopic (exact) mass is 922 g/mol. The normalized spacial score (nSPS) is 12.9. The van der Waals surface area contributed by atoms with Crippen LogP contribution >= 0.6 is 0 Å². The first-order valence-electron chi connectivity index (χ1n) is 25.7. The van der Waals surface area contributed by atoms with E-state index in [1.807, 2.05) is 0 Å². The molecule has 0 saturated heterocycles. The van der Waals surface area contributed by atoms with Crippen molar-refractivity contribution in [1.29, 1.82) is 0 Å². The van der Waals surface area contributed by atoms with E-state index in [1.54, 1.807) is 0 Å². The molecule has 1 aromatic heterocycles. The van der Waals surface area contributed by atoms with Gasteiger partial charge < -0.3 is 9.47 Å². The lowest BCUT2D eigenvalue weighted by Gasteiger charge is -2.29. The summed E-state index contributed by atoms with van der Waals surface area (Å²) < 4.78 is 2.38. The first-order chi connectivity index (χ1) is 35.7. The quantitative estimate of drug-likeness (QED) is 0.133. The Morgan fingerprint density at radius 3 is 1.58 bits per heavy atom. The van der Waals surface area contributed by atoms with Crippen LogP contribution in [0.3, 0.4) is 0 Å². The zero-order valence-corrected chi connectivity index (χ0v) is 40.3. The number of para-hydroxylation sites is 3. The van der Waals surface area contributed by atoms with E-state index in [1.165, 1.54) is 132 Å². The second-order valence-corrected chi connectivity index (χ2v) is 19.4. The highest BCUT2D eigenvalue weighted by atomic mass is 15.1. The molecule has 1 aliphatic carbocycles. The third kappa shape index (κ3) is 7.96. The molecular weight excluding hydrogens is 869 g/mol. The zero-order valence-electron chi connectivity index (χ0n) is 40.3. The van der Waals surface area contributed by atoms with Crippen molar-refractivity contribution in [3.05, 3.63) is 266 Å². The number of aromatic nitrogens is 1. The van der Waals surface area contributed by atoms with Crippen LogP contribution in [0.4, 0.5) is 17.1 Å². The topological polar surface area (TPSA) is 8.17 Å². The van der Waals surface area contributed by atoms with Gasteiger partial charge in [0.2, 0.25) is 0 Å².